The van der Waals surface area contributed by atoms with Crippen LogP contribution in [0.1, 0.15) is 49.7 Å². The molecule has 0 radical (unpaired) electrons. The van der Waals surface area contributed by atoms with Gasteiger partial charge in [0.1, 0.15) is 22.6 Å². The highest BCUT2D eigenvalue weighted by molar-refractivity contribution is 7.19. The van der Waals surface area contributed by atoms with E-state index in [9.17, 15) is 9.59 Å². The molecule has 1 N–H and O–H groups in total. The Morgan fingerprint density at radius 3 is 2.55 bits per heavy atom. The zero-order valence-corrected chi connectivity index (χ0v) is 24.5. The molecule has 10 heteroatoms. The van der Waals surface area contributed by atoms with Gasteiger partial charge in [-0.3, -0.25) is 9.69 Å². The molecular weight excluding hydrogens is 524 g/mol. The lowest BCUT2D eigenvalue weighted by Gasteiger charge is -2.35. The molecule has 5 rings (SSSR count). The molecule has 4 heterocycles. The normalized spacial score (nSPS) is 17.2. The highest BCUT2D eigenvalue weighted by Gasteiger charge is 2.27. The smallest absolute Gasteiger partial charge is 0.410 e. The number of hydrogen-bond donors (Lipinski definition) is 1. The third-order valence-corrected chi connectivity index (χ3v) is 8.37. The van der Waals surface area contributed by atoms with Crippen molar-refractivity contribution in [2.45, 2.75) is 52.3 Å². The van der Waals surface area contributed by atoms with E-state index in [-0.39, 0.29) is 18.0 Å². The molecule has 2 aliphatic rings. The first-order chi connectivity index (χ1) is 19.2. The largest absolute Gasteiger partial charge is 0.444 e. The van der Waals surface area contributed by atoms with Gasteiger partial charge in [0.25, 0.3) is 0 Å². The van der Waals surface area contributed by atoms with Crippen LogP contribution in [0.15, 0.2) is 48.8 Å². The summed E-state index contributed by atoms with van der Waals surface area (Å²) in [7, 11) is 0. The number of benzene rings is 1. The molecule has 3 aromatic rings. The second-order valence-electron chi connectivity index (χ2n) is 11.4. The minimum atomic E-state index is -0.490. The first kappa shape index (κ1) is 28.0. The van der Waals surface area contributed by atoms with Crippen LogP contribution in [-0.4, -0.2) is 81.5 Å². The van der Waals surface area contributed by atoms with E-state index in [0.717, 1.165) is 35.5 Å². The van der Waals surface area contributed by atoms with Crippen LogP contribution in [0.4, 0.5) is 10.6 Å². The molecule has 2 amide bonds. The Hall–Kier alpha value is -3.50. The Balaban J connectivity index is 1.16. The minimum Gasteiger partial charge on any atom is -0.444 e. The number of fused-ring (bicyclic) bond motifs is 3. The topological polar surface area (TPSA) is 90.9 Å². The van der Waals surface area contributed by atoms with Crippen LogP contribution in [-0.2, 0) is 22.5 Å². The van der Waals surface area contributed by atoms with Gasteiger partial charge in [-0.2, -0.15) is 0 Å². The molecule has 1 atom stereocenters. The molecular formula is C30H38N6O3S. The fraction of sp³-hybridized carbons (Fsp3) is 0.467. The van der Waals surface area contributed by atoms with Crippen LogP contribution in [0.5, 0.6) is 0 Å². The van der Waals surface area contributed by atoms with Gasteiger partial charge in [-0.1, -0.05) is 36.4 Å². The predicted molar refractivity (Wildman–Crippen MR) is 158 cm³/mol. The second kappa shape index (κ2) is 11.9. The standard InChI is InChI=1S/C30H38N6O3S/c1-21(22-9-6-5-7-10-22)33-27-26-23-12-14-36(19-24(23)40-28(26)32-20-31-27)25(37)11-8-13-34-15-17-35(18-16-34)29(38)39-30(2,3)4/h5-11,20-21H,12-19H2,1-4H3,(H,31,32,33)/b11-8+/t21-/m1/s1. The number of amides is 2. The Morgan fingerprint density at radius 2 is 1.82 bits per heavy atom. The summed E-state index contributed by atoms with van der Waals surface area (Å²) in [4.78, 5) is 42.5. The molecule has 2 aliphatic heterocycles. The van der Waals surface area contributed by atoms with Crippen molar-refractivity contribution in [2.75, 3.05) is 44.6 Å². The van der Waals surface area contributed by atoms with Crippen molar-refractivity contribution in [3.8, 4) is 0 Å². The first-order valence-electron chi connectivity index (χ1n) is 13.9. The van der Waals surface area contributed by atoms with Gasteiger partial charge in [-0.25, -0.2) is 14.8 Å². The van der Waals surface area contributed by atoms with E-state index in [2.05, 4.69) is 39.2 Å². The van der Waals surface area contributed by atoms with E-state index < -0.39 is 5.60 Å². The van der Waals surface area contributed by atoms with Crippen molar-refractivity contribution in [2.24, 2.45) is 0 Å². The number of rotatable bonds is 6. The van der Waals surface area contributed by atoms with Crippen molar-refractivity contribution in [3.63, 3.8) is 0 Å². The highest BCUT2D eigenvalue weighted by atomic mass is 32.1. The summed E-state index contributed by atoms with van der Waals surface area (Å²) in [6.07, 6.45) is 5.76. The molecule has 212 valence electrons. The number of nitrogens with zero attached hydrogens (tertiary/aromatic N) is 5. The van der Waals surface area contributed by atoms with Gasteiger partial charge in [0.2, 0.25) is 5.91 Å². The van der Waals surface area contributed by atoms with Crippen LogP contribution in [0.2, 0.25) is 0 Å². The number of anilines is 1. The summed E-state index contributed by atoms with van der Waals surface area (Å²) in [6, 6.07) is 10.4. The van der Waals surface area contributed by atoms with Gasteiger partial charge in [0.15, 0.2) is 0 Å². The molecule has 0 bridgehead atoms. The quantitative estimate of drug-likeness (QED) is 0.429. The van der Waals surface area contributed by atoms with Crippen LogP contribution in [0.25, 0.3) is 10.2 Å². The number of carbonyl (C=O) groups excluding carboxylic acids is 2. The molecule has 0 aliphatic carbocycles. The first-order valence-corrected chi connectivity index (χ1v) is 14.7. The van der Waals surface area contributed by atoms with Crippen LogP contribution >= 0.6 is 11.3 Å². The lowest BCUT2D eigenvalue weighted by atomic mass is 10.0. The number of ether oxygens (including phenoxy) is 1. The van der Waals surface area contributed by atoms with Gasteiger partial charge in [0, 0.05) is 56.3 Å². The zero-order valence-electron chi connectivity index (χ0n) is 23.7. The Labute approximate surface area is 239 Å². The van der Waals surface area contributed by atoms with E-state index >= 15 is 0 Å². The lowest BCUT2D eigenvalue weighted by molar-refractivity contribution is -0.126. The van der Waals surface area contributed by atoms with E-state index in [0.29, 0.717) is 32.7 Å². The van der Waals surface area contributed by atoms with E-state index in [1.165, 1.54) is 16.0 Å². The maximum Gasteiger partial charge on any atom is 0.410 e. The number of aromatic nitrogens is 2. The highest BCUT2D eigenvalue weighted by Crippen LogP contribution is 2.38. The average Bonchev–Trinajstić information content (AvgIpc) is 3.31. The number of thiophene rings is 1. The zero-order chi connectivity index (χ0) is 28.3. The summed E-state index contributed by atoms with van der Waals surface area (Å²) in [5.74, 6) is 0.878. The van der Waals surface area contributed by atoms with Crippen molar-refractivity contribution in [3.05, 3.63) is 64.8 Å². The molecule has 1 aromatic carbocycles. The van der Waals surface area contributed by atoms with Crippen LogP contribution in [0.3, 0.4) is 0 Å². The van der Waals surface area contributed by atoms with Gasteiger partial charge >= 0.3 is 6.09 Å². The summed E-state index contributed by atoms with van der Waals surface area (Å²) < 4.78 is 5.47. The monoisotopic (exact) mass is 562 g/mol. The van der Waals surface area contributed by atoms with E-state index in [1.807, 2.05) is 49.9 Å². The fourth-order valence-electron chi connectivity index (χ4n) is 5.10. The molecule has 1 fully saturated rings. The van der Waals surface area contributed by atoms with Crippen LogP contribution in [0, 0.1) is 0 Å². The van der Waals surface area contributed by atoms with Gasteiger partial charge in [0.05, 0.1) is 11.9 Å². The van der Waals surface area contributed by atoms with Gasteiger partial charge < -0.3 is 19.9 Å². The van der Waals surface area contributed by atoms with Gasteiger partial charge in [-0.05, 0) is 45.2 Å². The SMILES string of the molecule is C[C@@H](Nc1ncnc2sc3c(c12)CCN(C(=O)/C=C/CN1CCN(C(=O)OC(C)(C)C)CC1)C3)c1ccccc1. The lowest BCUT2D eigenvalue weighted by Crippen LogP contribution is -2.49. The maximum absolute atomic E-state index is 13.0. The molecule has 1 saturated heterocycles. The number of nitrogens with one attached hydrogen (secondary N) is 1. The predicted octanol–water partition coefficient (Wildman–Crippen LogP) is 4.86. The maximum atomic E-state index is 13.0. The Morgan fingerprint density at radius 1 is 1.07 bits per heavy atom. The molecule has 9 nitrogen and oxygen atoms in total. The molecule has 0 saturated carbocycles. The molecule has 0 unspecified atom stereocenters. The summed E-state index contributed by atoms with van der Waals surface area (Å²) in [6.45, 7) is 12.5. The number of hydrogen-bond acceptors (Lipinski definition) is 8. The van der Waals surface area contributed by atoms with Crippen molar-refractivity contribution in [1.29, 1.82) is 0 Å². The van der Waals surface area contributed by atoms with Crippen molar-refractivity contribution in [1.82, 2.24) is 24.7 Å². The summed E-state index contributed by atoms with van der Waals surface area (Å²) >= 11 is 1.65. The number of piperazine rings is 1. The Kier molecular flexibility index (Phi) is 8.37. The van der Waals surface area contributed by atoms with E-state index in [1.54, 1.807) is 28.6 Å². The Bertz CT molecular complexity index is 1380. The van der Waals surface area contributed by atoms with E-state index in [4.69, 9.17) is 4.74 Å². The molecule has 2 aromatic heterocycles. The molecule has 0 spiro atoms. The summed E-state index contributed by atoms with van der Waals surface area (Å²) in [5.41, 5.74) is 1.96. The van der Waals surface area contributed by atoms with Crippen molar-refractivity contribution < 1.29 is 14.3 Å². The third kappa shape index (κ3) is 6.62. The summed E-state index contributed by atoms with van der Waals surface area (Å²) in [5, 5.41) is 4.66. The second-order valence-corrected chi connectivity index (χ2v) is 12.4. The van der Waals surface area contributed by atoms with Crippen molar-refractivity contribution >= 4 is 39.4 Å². The number of carbonyl (C=O) groups is 2. The molecule has 40 heavy (non-hydrogen) atoms. The average molecular weight is 563 g/mol. The third-order valence-electron chi connectivity index (χ3n) is 7.25. The van der Waals surface area contributed by atoms with Gasteiger partial charge in [-0.15, -0.1) is 11.3 Å². The fourth-order valence-corrected chi connectivity index (χ4v) is 6.31. The van der Waals surface area contributed by atoms with Crippen LogP contribution < -0.4 is 5.32 Å². The minimum absolute atomic E-state index is 0.0256.